The van der Waals surface area contributed by atoms with Crippen LogP contribution in [0.25, 0.3) is 0 Å². The van der Waals surface area contributed by atoms with E-state index in [1.54, 1.807) is 6.07 Å². The maximum absolute atomic E-state index is 13.4. The van der Waals surface area contributed by atoms with E-state index in [1.807, 2.05) is 13.8 Å². The number of halogens is 2. The number of hydrogen-bond donors (Lipinski definition) is 2. The van der Waals surface area contributed by atoms with Crippen LogP contribution in [0.5, 0.6) is 0 Å². The third-order valence-corrected chi connectivity index (χ3v) is 2.52. The molecule has 1 aromatic rings. The van der Waals surface area contributed by atoms with E-state index in [4.69, 9.17) is 17.3 Å². The van der Waals surface area contributed by atoms with Crippen LogP contribution in [0.1, 0.15) is 13.8 Å². The third kappa shape index (κ3) is 2.93. The zero-order valence-electron chi connectivity index (χ0n) is 9.13. The van der Waals surface area contributed by atoms with Gasteiger partial charge in [0.1, 0.15) is 0 Å². The predicted octanol–water partition coefficient (Wildman–Crippen LogP) is 2.40. The summed E-state index contributed by atoms with van der Waals surface area (Å²) in [5, 5.41) is 2.38. The first-order chi connectivity index (χ1) is 7.43. The summed E-state index contributed by atoms with van der Waals surface area (Å²) < 4.78 is 13.4. The van der Waals surface area contributed by atoms with Gasteiger partial charge in [-0.1, -0.05) is 31.5 Å². The molecular formula is C11H14ClFN2O. The van der Waals surface area contributed by atoms with Gasteiger partial charge in [0.15, 0.2) is 5.82 Å². The Morgan fingerprint density at radius 2 is 2.12 bits per heavy atom. The van der Waals surface area contributed by atoms with Crippen LogP contribution >= 0.6 is 11.6 Å². The van der Waals surface area contributed by atoms with Crippen LogP contribution in [0, 0.1) is 11.7 Å². The summed E-state index contributed by atoms with van der Waals surface area (Å²) in [5.74, 6) is -1.08. The fourth-order valence-electron chi connectivity index (χ4n) is 1.12. The van der Waals surface area contributed by atoms with Crippen LogP contribution in [0.2, 0.25) is 5.02 Å². The molecule has 1 atom stereocenters. The van der Waals surface area contributed by atoms with Crippen LogP contribution in [-0.2, 0) is 4.79 Å². The van der Waals surface area contributed by atoms with Gasteiger partial charge in [-0.05, 0) is 18.1 Å². The Bertz CT molecular complexity index is 396. The van der Waals surface area contributed by atoms with Crippen molar-refractivity contribution in [3.8, 4) is 0 Å². The van der Waals surface area contributed by atoms with Gasteiger partial charge in [-0.2, -0.15) is 0 Å². The maximum atomic E-state index is 13.4. The molecule has 0 aliphatic carbocycles. The Balaban J connectivity index is 2.81. The summed E-state index contributed by atoms with van der Waals surface area (Å²) in [6.45, 7) is 3.64. The number of carbonyl (C=O) groups is 1. The lowest BCUT2D eigenvalue weighted by molar-refractivity contribution is -0.118. The summed E-state index contributed by atoms with van der Waals surface area (Å²) in [5.41, 5.74) is 5.68. The summed E-state index contributed by atoms with van der Waals surface area (Å²) in [7, 11) is 0. The molecule has 0 spiro atoms. The van der Waals surface area contributed by atoms with Crippen molar-refractivity contribution in [2.24, 2.45) is 11.7 Å². The van der Waals surface area contributed by atoms with Crippen molar-refractivity contribution in [1.82, 2.24) is 0 Å². The number of benzene rings is 1. The molecule has 5 heteroatoms. The minimum atomic E-state index is -0.668. The zero-order chi connectivity index (χ0) is 12.3. The fraction of sp³-hybridized carbons (Fsp3) is 0.364. The molecule has 0 bridgehead atoms. The molecular weight excluding hydrogens is 231 g/mol. The van der Waals surface area contributed by atoms with E-state index in [0.29, 0.717) is 0 Å². The molecule has 16 heavy (non-hydrogen) atoms. The van der Waals surface area contributed by atoms with Gasteiger partial charge in [0.05, 0.1) is 16.8 Å². The molecule has 0 aromatic heterocycles. The SMILES string of the molecule is CC(C)[C@H](N)C(=O)Nc1cccc(Cl)c1F. The highest BCUT2D eigenvalue weighted by molar-refractivity contribution is 6.31. The summed E-state index contributed by atoms with van der Waals surface area (Å²) in [6, 6.07) is 3.74. The lowest BCUT2D eigenvalue weighted by Crippen LogP contribution is -2.39. The molecule has 1 rings (SSSR count). The molecule has 88 valence electrons. The molecule has 0 radical (unpaired) electrons. The average molecular weight is 245 g/mol. The molecule has 1 amide bonds. The molecule has 0 unspecified atom stereocenters. The summed E-state index contributed by atoms with van der Waals surface area (Å²) in [4.78, 5) is 11.6. The van der Waals surface area contributed by atoms with E-state index in [9.17, 15) is 9.18 Å². The lowest BCUT2D eigenvalue weighted by atomic mass is 10.0. The van der Waals surface area contributed by atoms with Crippen LogP contribution < -0.4 is 11.1 Å². The minimum Gasteiger partial charge on any atom is -0.322 e. The van der Waals surface area contributed by atoms with Gasteiger partial charge in [-0.25, -0.2) is 4.39 Å². The van der Waals surface area contributed by atoms with Crippen molar-refractivity contribution in [2.75, 3.05) is 5.32 Å². The van der Waals surface area contributed by atoms with Crippen LogP contribution in [0.3, 0.4) is 0 Å². The van der Waals surface area contributed by atoms with Gasteiger partial charge in [-0.15, -0.1) is 0 Å². The fourth-order valence-corrected chi connectivity index (χ4v) is 1.29. The molecule has 0 aliphatic rings. The maximum Gasteiger partial charge on any atom is 0.241 e. The molecule has 0 heterocycles. The summed E-state index contributed by atoms with van der Waals surface area (Å²) >= 11 is 5.58. The average Bonchev–Trinajstić information content (AvgIpc) is 2.23. The highest BCUT2D eigenvalue weighted by atomic mass is 35.5. The van der Waals surface area contributed by atoms with Crippen LogP contribution in [-0.4, -0.2) is 11.9 Å². The monoisotopic (exact) mass is 244 g/mol. The molecule has 0 aliphatic heterocycles. The standard InChI is InChI=1S/C11H14ClFN2O/c1-6(2)10(14)11(16)15-8-5-3-4-7(12)9(8)13/h3-6,10H,14H2,1-2H3,(H,15,16)/t10-/m0/s1. The van der Waals surface area contributed by atoms with Crippen molar-refractivity contribution < 1.29 is 9.18 Å². The van der Waals surface area contributed by atoms with Crippen molar-refractivity contribution in [1.29, 1.82) is 0 Å². The second-order valence-electron chi connectivity index (χ2n) is 3.86. The second kappa shape index (κ2) is 5.27. The molecule has 3 N–H and O–H groups in total. The largest absolute Gasteiger partial charge is 0.322 e. The van der Waals surface area contributed by atoms with E-state index in [0.717, 1.165) is 0 Å². The molecule has 0 fully saturated rings. The highest BCUT2D eigenvalue weighted by Gasteiger charge is 2.18. The Labute approximate surface area is 98.8 Å². The Morgan fingerprint density at radius 1 is 1.50 bits per heavy atom. The van der Waals surface area contributed by atoms with E-state index >= 15 is 0 Å². The molecule has 0 saturated carbocycles. The predicted molar refractivity (Wildman–Crippen MR) is 62.9 cm³/mol. The van der Waals surface area contributed by atoms with Gasteiger partial charge < -0.3 is 11.1 Å². The number of anilines is 1. The second-order valence-corrected chi connectivity index (χ2v) is 4.27. The Hall–Kier alpha value is -1.13. The van der Waals surface area contributed by atoms with E-state index in [1.165, 1.54) is 12.1 Å². The van der Waals surface area contributed by atoms with E-state index in [-0.39, 0.29) is 16.6 Å². The Morgan fingerprint density at radius 3 is 2.69 bits per heavy atom. The van der Waals surface area contributed by atoms with Crippen LogP contribution in [0.4, 0.5) is 10.1 Å². The molecule has 3 nitrogen and oxygen atoms in total. The third-order valence-electron chi connectivity index (χ3n) is 2.23. The molecule has 1 aromatic carbocycles. The van der Waals surface area contributed by atoms with Gasteiger partial charge in [-0.3, -0.25) is 4.79 Å². The highest BCUT2D eigenvalue weighted by Crippen LogP contribution is 2.22. The van der Waals surface area contributed by atoms with Crippen molar-refractivity contribution >= 4 is 23.2 Å². The number of hydrogen-bond acceptors (Lipinski definition) is 2. The quantitative estimate of drug-likeness (QED) is 0.858. The number of amides is 1. The van der Waals surface area contributed by atoms with Crippen molar-refractivity contribution in [3.05, 3.63) is 29.0 Å². The van der Waals surface area contributed by atoms with Crippen molar-refractivity contribution in [3.63, 3.8) is 0 Å². The van der Waals surface area contributed by atoms with Gasteiger partial charge in [0.25, 0.3) is 0 Å². The van der Waals surface area contributed by atoms with E-state index < -0.39 is 17.8 Å². The zero-order valence-corrected chi connectivity index (χ0v) is 9.88. The number of rotatable bonds is 3. The van der Waals surface area contributed by atoms with Gasteiger partial charge in [0.2, 0.25) is 5.91 Å². The first kappa shape index (κ1) is 12.9. The number of nitrogens with one attached hydrogen (secondary N) is 1. The smallest absolute Gasteiger partial charge is 0.241 e. The Kier molecular flexibility index (Phi) is 4.26. The first-order valence-electron chi connectivity index (χ1n) is 4.94. The normalized spacial score (nSPS) is 12.6. The van der Waals surface area contributed by atoms with Gasteiger partial charge in [0, 0.05) is 0 Å². The topological polar surface area (TPSA) is 55.1 Å². The van der Waals surface area contributed by atoms with Gasteiger partial charge >= 0.3 is 0 Å². The lowest BCUT2D eigenvalue weighted by Gasteiger charge is -2.15. The number of carbonyl (C=O) groups excluding carboxylic acids is 1. The van der Waals surface area contributed by atoms with Crippen LogP contribution in [0.15, 0.2) is 18.2 Å². The summed E-state index contributed by atoms with van der Waals surface area (Å²) in [6.07, 6.45) is 0. The number of nitrogens with two attached hydrogens (primary N) is 1. The van der Waals surface area contributed by atoms with Crippen molar-refractivity contribution in [2.45, 2.75) is 19.9 Å². The minimum absolute atomic E-state index is 0.0118. The van der Waals surface area contributed by atoms with E-state index in [2.05, 4.69) is 5.32 Å². The first-order valence-corrected chi connectivity index (χ1v) is 5.31. The molecule has 0 saturated heterocycles.